The second-order valence-corrected chi connectivity index (χ2v) is 27.7. The summed E-state index contributed by atoms with van der Waals surface area (Å²) in [6.45, 7) is 69.1. The van der Waals surface area contributed by atoms with Gasteiger partial charge in [0, 0.05) is 0 Å². The average molecular weight is 1720 g/mol. The Morgan fingerprint density at radius 2 is 0.346 bits per heavy atom. The monoisotopic (exact) mass is 1720 g/mol. The van der Waals surface area contributed by atoms with E-state index in [1.54, 1.807) is 0 Å². The Labute approximate surface area is 787 Å². The standard InChI is InChI=1S/2C19H14.2C17H12.2C15H12.14C2H6/c1-13-7-6-12-18-16-9-3-2-8-14(16)15-10-4-5-11-17(15)19(13)18;1-13-10-11-18-16-8-3-2-6-14(16)15-7-4-5-9-17(15)19(18)12-13;1-11-9-14-7-5-12-3-2-4-13-6-8-15(10-11)17(14)16(12)13;1-11-5-6-14-8-7-12-3-2-4-13-9-10-15(11)17(14)16(12)13;1-11-5-4-7-13-10-9-12-6-2-3-8-14(12)15(11)13;1-11-10-12-6-2-3-8-14(12)15-9-5-4-7-13(11)15;14*1-2/h2*2-12H,1H3;2*2-10H,1H3;2*2-10H,1H3;14*1-2H3. The first-order valence-electron chi connectivity index (χ1n) is 49.7. The first kappa shape index (κ1) is 112. The summed E-state index contributed by atoms with van der Waals surface area (Å²) in [4.78, 5) is 0. The van der Waals surface area contributed by atoms with Crippen molar-refractivity contribution in [2.24, 2.45) is 0 Å². The highest BCUT2D eigenvalue weighted by molar-refractivity contribution is 6.28. The van der Waals surface area contributed by atoms with Crippen molar-refractivity contribution < 1.29 is 0 Å². The molecule has 0 bridgehead atoms. The second kappa shape index (κ2) is 61.1. The summed E-state index contributed by atoms with van der Waals surface area (Å²) in [5.74, 6) is 0. The molecule has 0 nitrogen and oxygen atoms in total. The molecule has 22 aromatic carbocycles. The third-order valence-electron chi connectivity index (χ3n) is 21.2. The molecule has 0 atom stereocenters. The zero-order chi connectivity index (χ0) is 97.0. The fraction of sp³-hybridized carbons (Fsp3) is 0.262. The normalized spacial score (nSPS) is 9.62. The van der Waals surface area contributed by atoms with E-state index in [0.29, 0.717) is 0 Å². The summed E-state index contributed by atoms with van der Waals surface area (Å²) < 4.78 is 0. The van der Waals surface area contributed by atoms with Crippen LogP contribution in [0.25, 0.3) is 172 Å². The Bertz CT molecular complexity index is 6720. The lowest BCUT2D eigenvalue weighted by Crippen LogP contribution is -1.85. The number of hydrogen-bond acceptors (Lipinski definition) is 0. The van der Waals surface area contributed by atoms with Crippen LogP contribution in [0.4, 0.5) is 0 Å². The highest BCUT2D eigenvalue weighted by Gasteiger charge is 2.14. The Balaban J connectivity index is 0.000000381. The minimum atomic E-state index is 1.31. The van der Waals surface area contributed by atoms with Gasteiger partial charge in [-0.25, -0.2) is 0 Å². The molecule has 0 aliphatic carbocycles. The summed E-state index contributed by atoms with van der Waals surface area (Å²) >= 11 is 0. The van der Waals surface area contributed by atoms with Gasteiger partial charge in [-0.3, -0.25) is 0 Å². The molecule has 0 radical (unpaired) electrons. The molecule has 0 aromatic heterocycles. The van der Waals surface area contributed by atoms with Crippen LogP contribution in [0.2, 0.25) is 0 Å². The van der Waals surface area contributed by atoms with Crippen LogP contribution < -0.4 is 0 Å². The van der Waals surface area contributed by atoms with Crippen LogP contribution in [0.1, 0.15) is 227 Å². The lowest BCUT2D eigenvalue weighted by atomic mass is 9.92. The van der Waals surface area contributed by atoms with Crippen LogP contribution in [-0.2, 0) is 0 Å². The molecule has 0 heteroatoms. The number of aryl methyl sites for hydroxylation is 6. The lowest BCUT2D eigenvalue weighted by molar-refractivity contribution is 1.50. The molecule has 0 spiro atoms. The number of fused-ring (bicyclic) bond motifs is 18. The molecule has 0 heterocycles. The molecule has 0 fully saturated rings. The van der Waals surface area contributed by atoms with Crippen LogP contribution >= 0.6 is 0 Å². The molecule has 0 aliphatic heterocycles. The molecule has 0 unspecified atom stereocenters. The van der Waals surface area contributed by atoms with Crippen LogP contribution in [0.15, 0.2) is 352 Å². The van der Waals surface area contributed by atoms with E-state index < -0.39 is 0 Å². The number of rotatable bonds is 0. The molecule has 680 valence electrons. The maximum atomic E-state index is 2.30. The van der Waals surface area contributed by atoms with Gasteiger partial charge in [-0.15, -0.1) is 0 Å². The van der Waals surface area contributed by atoms with Crippen molar-refractivity contribution in [2.45, 2.75) is 235 Å². The lowest BCUT2D eigenvalue weighted by Gasteiger charge is -2.11. The van der Waals surface area contributed by atoms with Crippen molar-refractivity contribution >= 4 is 172 Å². The first-order valence-corrected chi connectivity index (χ1v) is 49.7. The quantitative estimate of drug-likeness (QED) is 0.133. The molecule has 0 saturated carbocycles. The predicted octanol–water partition coefficient (Wildman–Crippen LogP) is 43.7. The Morgan fingerprint density at radius 1 is 0.100 bits per heavy atom. The number of benzene rings is 22. The van der Waals surface area contributed by atoms with Crippen molar-refractivity contribution in [3.8, 4) is 0 Å². The van der Waals surface area contributed by atoms with E-state index in [4.69, 9.17) is 0 Å². The Morgan fingerprint density at radius 3 is 0.777 bits per heavy atom. The highest BCUT2D eigenvalue weighted by atomic mass is 14.2. The van der Waals surface area contributed by atoms with Crippen LogP contribution in [0.5, 0.6) is 0 Å². The van der Waals surface area contributed by atoms with E-state index in [9.17, 15) is 0 Å². The van der Waals surface area contributed by atoms with Gasteiger partial charge in [0.1, 0.15) is 0 Å². The summed E-state index contributed by atoms with van der Waals surface area (Å²) in [6, 6.07) is 127. The van der Waals surface area contributed by atoms with E-state index in [-0.39, 0.29) is 0 Å². The highest BCUT2D eigenvalue weighted by Crippen LogP contribution is 2.41. The fourth-order valence-electron chi connectivity index (χ4n) is 16.4. The van der Waals surface area contributed by atoms with E-state index in [1.165, 1.54) is 206 Å². The molecular weight excluding hydrogens is 1560 g/mol. The molecular formula is C130H160. The van der Waals surface area contributed by atoms with Crippen molar-refractivity contribution in [2.75, 3.05) is 0 Å². The van der Waals surface area contributed by atoms with Crippen molar-refractivity contribution in [1.82, 2.24) is 0 Å². The smallest absolute Gasteiger partial charge is 0.00241 e. The number of hydrogen-bond donors (Lipinski definition) is 0. The van der Waals surface area contributed by atoms with E-state index >= 15 is 0 Å². The van der Waals surface area contributed by atoms with E-state index in [1.807, 2.05) is 194 Å². The van der Waals surface area contributed by atoms with Gasteiger partial charge < -0.3 is 0 Å². The predicted molar refractivity (Wildman–Crippen MR) is 608 cm³/mol. The van der Waals surface area contributed by atoms with Gasteiger partial charge in [0.2, 0.25) is 0 Å². The zero-order valence-corrected chi connectivity index (χ0v) is 86.5. The second-order valence-electron chi connectivity index (χ2n) is 27.7. The summed E-state index contributed by atoms with van der Waals surface area (Å²) in [5, 5.41) is 43.4. The molecule has 22 rings (SSSR count). The average Bonchev–Trinajstić information content (AvgIpc) is 0.749. The molecule has 130 heavy (non-hydrogen) atoms. The van der Waals surface area contributed by atoms with Crippen molar-refractivity contribution in [1.29, 1.82) is 0 Å². The van der Waals surface area contributed by atoms with Gasteiger partial charge in [-0.05, 0) is 242 Å². The molecule has 0 N–H and O–H groups in total. The molecule has 0 saturated heterocycles. The van der Waals surface area contributed by atoms with Crippen molar-refractivity contribution in [3.05, 3.63) is 385 Å². The van der Waals surface area contributed by atoms with Gasteiger partial charge in [0.05, 0.1) is 0 Å². The summed E-state index contributed by atoms with van der Waals surface area (Å²) in [6.07, 6.45) is 0. The van der Waals surface area contributed by atoms with Gasteiger partial charge in [-0.1, -0.05) is 551 Å². The van der Waals surface area contributed by atoms with Gasteiger partial charge in [-0.2, -0.15) is 0 Å². The van der Waals surface area contributed by atoms with Gasteiger partial charge in [0.25, 0.3) is 0 Å². The maximum Gasteiger partial charge on any atom is -0.00241 e. The largest absolute Gasteiger partial charge is 0.0683 e. The topological polar surface area (TPSA) is 0 Å². The van der Waals surface area contributed by atoms with Crippen molar-refractivity contribution in [3.63, 3.8) is 0 Å². The van der Waals surface area contributed by atoms with Crippen LogP contribution in [-0.4, -0.2) is 0 Å². The minimum absolute atomic E-state index is 1.31. The minimum Gasteiger partial charge on any atom is -0.0683 e. The van der Waals surface area contributed by atoms with Gasteiger partial charge >= 0.3 is 0 Å². The zero-order valence-electron chi connectivity index (χ0n) is 86.5. The molecule has 0 aliphatic rings. The van der Waals surface area contributed by atoms with E-state index in [2.05, 4.69) is 393 Å². The maximum absolute atomic E-state index is 2.30. The fourth-order valence-corrected chi connectivity index (χ4v) is 16.4. The Hall–Kier alpha value is -12.5. The van der Waals surface area contributed by atoms with Gasteiger partial charge in [0.15, 0.2) is 0 Å². The third kappa shape index (κ3) is 26.4. The van der Waals surface area contributed by atoms with Crippen LogP contribution in [0.3, 0.4) is 0 Å². The Kier molecular flexibility index (Phi) is 52.5. The molecule has 0 amide bonds. The summed E-state index contributed by atoms with van der Waals surface area (Å²) in [7, 11) is 0. The summed E-state index contributed by atoms with van der Waals surface area (Å²) in [5.41, 5.74) is 8.05. The van der Waals surface area contributed by atoms with Crippen LogP contribution in [0, 0.1) is 41.5 Å². The van der Waals surface area contributed by atoms with E-state index in [0.717, 1.165) is 0 Å². The molecule has 22 aromatic rings. The third-order valence-corrected chi connectivity index (χ3v) is 21.2. The SMILES string of the molecule is CC.CC.CC.CC.CC.CC.CC.CC.CC.CC.CC.CC.CC.CC.Cc1cc2ccc3cccc4ccc(c1)c2c34.Cc1cc2ccccc2c2ccccc12.Cc1ccc2c3ccccc3c3ccccc3c2c1.Cc1ccc2ccc3cccc4ccc1c2c34.Cc1cccc2c3ccccc3c3ccccc3c12.Cc1cccc2ccc3ccccc3c12. The first-order chi connectivity index (χ1) is 64.1.